The molecule has 108 valence electrons. The molecule has 0 amide bonds. The number of benzene rings is 1. The van der Waals surface area contributed by atoms with Crippen molar-refractivity contribution in [2.24, 2.45) is 0 Å². The van der Waals surface area contributed by atoms with Crippen LogP contribution in [0.25, 0.3) is 0 Å². The van der Waals surface area contributed by atoms with Crippen molar-refractivity contribution in [3.05, 3.63) is 35.9 Å². The molecule has 19 heavy (non-hydrogen) atoms. The summed E-state index contributed by atoms with van der Waals surface area (Å²) in [5.41, 5.74) is 0.625. The van der Waals surface area contributed by atoms with Crippen LogP contribution in [0.15, 0.2) is 30.3 Å². The highest BCUT2D eigenvalue weighted by molar-refractivity contribution is 5.17. The highest BCUT2D eigenvalue weighted by atomic mass is 16.5. The predicted octanol–water partition coefficient (Wildman–Crippen LogP) is 1.49. The molecule has 0 spiro atoms. The Morgan fingerprint density at radius 3 is 2.32 bits per heavy atom. The van der Waals surface area contributed by atoms with Gasteiger partial charge in [0.25, 0.3) is 0 Å². The highest BCUT2D eigenvalue weighted by Gasteiger charge is 2.14. The first-order chi connectivity index (χ1) is 8.88. The fourth-order valence-electron chi connectivity index (χ4n) is 1.58. The van der Waals surface area contributed by atoms with Crippen molar-refractivity contribution < 1.29 is 14.9 Å². The minimum Gasteiger partial charge on any atom is -0.389 e. The molecule has 0 saturated carbocycles. The van der Waals surface area contributed by atoms with Crippen LogP contribution in [0.3, 0.4) is 0 Å². The Morgan fingerprint density at radius 1 is 1.11 bits per heavy atom. The predicted molar refractivity (Wildman–Crippen MR) is 76.0 cm³/mol. The van der Waals surface area contributed by atoms with E-state index in [0.717, 1.165) is 5.56 Å². The largest absolute Gasteiger partial charge is 0.389 e. The zero-order valence-electron chi connectivity index (χ0n) is 12.0. The number of aliphatic hydroxyl groups is 2. The molecule has 0 saturated heterocycles. The van der Waals surface area contributed by atoms with E-state index in [-0.39, 0.29) is 12.2 Å². The quantitative estimate of drug-likeness (QED) is 0.700. The molecule has 0 aromatic heterocycles. The molecule has 1 aromatic carbocycles. The maximum absolute atomic E-state index is 9.92. The SMILES string of the molecule is CC(C)(C)OCC(O)CNCC(O)c1ccccc1. The average Bonchev–Trinajstić information content (AvgIpc) is 2.36. The molecule has 2 atom stereocenters. The molecule has 0 aliphatic rings. The van der Waals surface area contributed by atoms with Crippen LogP contribution in [-0.4, -0.2) is 41.6 Å². The second kappa shape index (κ2) is 7.60. The highest BCUT2D eigenvalue weighted by Crippen LogP contribution is 2.10. The van der Waals surface area contributed by atoms with Crippen molar-refractivity contribution in [3.63, 3.8) is 0 Å². The molecule has 0 fully saturated rings. The van der Waals surface area contributed by atoms with Gasteiger partial charge < -0.3 is 20.3 Å². The summed E-state index contributed by atoms with van der Waals surface area (Å²) in [4.78, 5) is 0. The Hall–Kier alpha value is -0.940. The summed E-state index contributed by atoms with van der Waals surface area (Å²) in [6.45, 7) is 6.96. The zero-order valence-corrected chi connectivity index (χ0v) is 12.0. The van der Waals surface area contributed by atoms with Crippen LogP contribution in [0.1, 0.15) is 32.4 Å². The fraction of sp³-hybridized carbons (Fsp3) is 0.600. The first-order valence-corrected chi connectivity index (χ1v) is 6.64. The molecule has 0 heterocycles. The van der Waals surface area contributed by atoms with E-state index in [1.807, 2.05) is 51.1 Å². The summed E-state index contributed by atoms with van der Waals surface area (Å²) in [5, 5.41) is 22.7. The van der Waals surface area contributed by atoms with Crippen LogP contribution >= 0.6 is 0 Å². The fourth-order valence-corrected chi connectivity index (χ4v) is 1.58. The summed E-state index contributed by atoms with van der Waals surface area (Å²) in [7, 11) is 0. The summed E-state index contributed by atoms with van der Waals surface area (Å²) < 4.78 is 5.48. The zero-order chi connectivity index (χ0) is 14.3. The molecule has 0 bridgehead atoms. The maximum Gasteiger partial charge on any atom is 0.0914 e. The second-order valence-electron chi connectivity index (χ2n) is 5.66. The number of rotatable bonds is 7. The van der Waals surface area contributed by atoms with Crippen molar-refractivity contribution in [3.8, 4) is 0 Å². The topological polar surface area (TPSA) is 61.7 Å². The first kappa shape index (κ1) is 16.1. The normalized spacial score (nSPS) is 15.2. The monoisotopic (exact) mass is 267 g/mol. The second-order valence-corrected chi connectivity index (χ2v) is 5.66. The molecule has 0 aliphatic heterocycles. The van der Waals surface area contributed by atoms with Gasteiger partial charge in [-0.3, -0.25) is 0 Å². The Labute approximate surface area is 115 Å². The van der Waals surface area contributed by atoms with Crippen molar-refractivity contribution in [1.29, 1.82) is 0 Å². The van der Waals surface area contributed by atoms with E-state index >= 15 is 0 Å². The Kier molecular flexibility index (Phi) is 6.45. The third kappa shape index (κ3) is 7.28. The van der Waals surface area contributed by atoms with Gasteiger partial charge in [-0.15, -0.1) is 0 Å². The first-order valence-electron chi connectivity index (χ1n) is 6.64. The van der Waals surface area contributed by atoms with Gasteiger partial charge in [-0.1, -0.05) is 30.3 Å². The Bertz CT molecular complexity index is 348. The molecule has 0 aliphatic carbocycles. The summed E-state index contributed by atoms with van der Waals surface area (Å²) in [6.07, 6.45) is -1.13. The van der Waals surface area contributed by atoms with Crippen LogP contribution in [0.2, 0.25) is 0 Å². The van der Waals surface area contributed by atoms with Crippen molar-refractivity contribution in [2.75, 3.05) is 19.7 Å². The van der Waals surface area contributed by atoms with E-state index in [1.54, 1.807) is 0 Å². The number of aliphatic hydroxyl groups excluding tert-OH is 2. The standard InChI is InChI=1S/C15H25NO3/c1-15(2,3)19-11-13(17)9-16-10-14(18)12-7-5-4-6-8-12/h4-8,13-14,16-18H,9-11H2,1-3H3. The van der Waals surface area contributed by atoms with Crippen LogP contribution in [0.5, 0.6) is 0 Å². The molecule has 1 aromatic rings. The van der Waals surface area contributed by atoms with Gasteiger partial charge >= 0.3 is 0 Å². The van der Waals surface area contributed by atoms with Crippen LogP contribution in [0, 0.1) is 0 Å². The lowest BCUT2D eigenvalue weighted by Gasteiger charge is -2.22. The molecule has 4 heteroatoms. The lowest BCUT2D eigenvalue weighted by atomic mass is 10.1. The number of hydrogen-bond donors (Lipinski definition) is 3. The molecule has 1 rings (SSSR count). The average molecular weight is 267 g/mol. The van der Waals surface area contributed by atoms with Gasteiger partial charge in [-0.2, -0.15) is 0 Å². The minimum atomic E-state index is -0.567. The van der Waals surface area contributed by atoms with Crippen molar-refractivity contribution in [2.45, 2.75) is 38.6 Å². The van der Waals surface area contributed by atoms with E-state index in [0.29, 0.717) is 13.1 Å². The number of nitrogens with one attached hydrogen (secondary N) is 1. The summed E-state index contributed by atoms with van der Waals surface area (Å²) >= 11 is 0. The van der Waals surface area contributed by atoms with Crippen LogP contribution in [0.4, 0.5) is 0 Å². The van der Waals surface area contributed by atoms with Gasteiger partial charge in [0.05, 0.1) is 24.4 Å². The maximum atomic E-state index is 9.92. The van der Waals surface area contributed by atoms with Crippen LogP contribution in [-0.2, 0) is 4.74 Å². The van der Waals surface area contributed by atoms with Gasteiger partial charge in [0.2, 0.25) is 0 Å². The molecule has 3 N–H and O–H groups in total. The van der Waals surface area contributed by atoms with Gasteiger partial charge in [0.15, 0.2) is 0 Å². The van der Waals surface area contributed by atoms with Crippen LogP contribution < -0.4 is 5.32 Å². The molecular formula is C15H25NO3. The Balaban J connectivity index is 2.20. The van der Waals surface area contributed by atoms with Crippen molar-refractivity contribution in [1.82, 2.24) is 5.32 Å². The van der Waals surface area contributed by atoms with E-state index in [2.05, 4.69) is 5.32 Å². The lowest BCUT2D eigenvalue weighted by Crippen LogP contribution is -2.35. The van der Waals surface area contributed by atoms with Crippen molar-refractivity contribution >= 4 is 0 Å². The smallest absolute Gasteiger partial charge is 0.0914 e. The molecule has 0 radical (unpaired) electrons. The van der Waals surface area contributed by atoms with E-state index in [4.69, 9.17) is 4.74 Å². The molecule has 2 unspecified atom stereocenters. The van der Waals surface area contributed by atoms with Gasteiger partial charge in [0, 0.05) is 13.1 Å². The minimum absolute atomic E-state index is 0.246. The third-order valence-corrected chi connectivity index (χ3v) is 2.61. The van der Waals surface area contributed by atoms with E-state index < -0.39 is 12.2 Å². The summed E-state index contributed by atoms with van der Waals surface area (Å²) in [5.74, 6) is 0. The van der Waals surface area contributed by atoms with Gasteiger partial charge in [-0.25, -0.2) is 0 Å². The number of hydrogen-bond acceptors (Lipinski definition) is 4. The molecule has 4 nitrogen and oxygen atoms in total. The molecular weight excluding hydrogens is 242 g/mol. The van der Waals surface area contributed by atoms with E-state index in [1.165, 1.54) is 0 Å². The van der Waals surface area contributed by atoms with Gasteiger partial charge in [0.1, 0.15) is 0 Å². The van der Waals surface area contributed by atoms with Gasteiger partial charge in [-0.05, 0) is 26.3 Å². The summed E-state index contributed by atoms with van der Waals surface area (Å²) in [6, 6.07) is 9.46. The Morgan fingerprint density at radius 2 is 1.74 bits per heavy atom. The third-order valence-electron chi connectivity index (χ3n) is 2.61. The number of ether oxygens (including phenoxy) is 1. The lowest BCUT2D eigenvalue weighted by molar-refractivity contribution is -0.0482. The van der Waals surface area contributed by atoms with E-state index in [9.17, 15) is 10.2 Å².